The van der Waals surface area contributed by atoms with Crippen LogP contribution in [0.1, 0.15) is 52.4 Å². The summed E-state index contributed by atoms with van der Waals surface area (Å²) in [7, 11) is 0. The zero-order valence-corrected chi connectivity index (χ0v) is 10.8. The van der Waals surface area contributed by atoms with Crippen LogP contribution in [0.3, 0.4) is 0 Å². The molecule has 0 spiro atoms. The molecule has 1 saturated carbocycles. The van der Waals surface area contributed by atoms with E-state index in [1.165, 1.54) is 0 Å². The van der Waals surface area contributed by atoms with Crippen LogP contribution >= 0.6 is 0 Å². The van der Waals surface area contributed by atoms with Crippen molar-refractivity contribution in [3.8, 4) is 0 Å². The fourth-order valence-electron chi connectivity index (χ4n) is 2.23. The molecule has 3 nitrogen and oxygen atoms in total. The smallest absolute Gasteiger partial charge is 0.319 e. The molecule has 1 atom stereocenters. The quantitative estimate of drug-likeness (QED) is 0.406. The van der Waals surface area contributed by atoms with Crippen LogP contribution in [0, 0.1) is 5.41 Å². The van der Waals surface area contributed by atoms with Crippen LogP contribution in [0.5, 0.6) is 0 Å². The Hall–Kier alpha value is -1.12. The van der Waals surface area contributed by atoms with Gasteiger partial charge in [0.2, 0.25) is 0 Å². The van der Waals surface area contributed by atoms with E-state index < -0.39 is 5.41 Å². The summed E-state index contributed by atoms with van der Waals surface area (Å²) in [5.74, 6) is -0.262. The highest BCUT2D eigenvalue weighted by molar-refractivity contribution is 6.05. The van der Waals surface area contributed by atoms with E-state index in [0.29, 0.717) is 25.9 Å². The predicted octanol–water partition coefficient (Wildman–Crippen LogP) is 3.04. The molecule has 0 aromatic carbocycles. The molecule has 0 radical (unpaired) electrons. The van der Waals surface area contributed by atoms with Gasteiger partial charge < -0.3 is 4.74 Å². The van der Waals surface area contributed by atoms with Crippen LogP contribution in [0.2, 0.25) is 0 Å². The molecule has 1 rings (SSSR count). The second-order valence-electron chi connectivity index (χ2n) is 4.58. The number of hydrogen-bond acceptors (Lipinski definition) is 3. The lowest BCUT2D eigenvalue weighted by Crippen LogP contribution is -2.36. The monoisotopic (exact) mass is 238 g/mol. The zero-order chi connectivity index (χ0) is 12.7. The number of esters is 1. The molecule has 1 aliphatic carbocycles. The van der Waals surface area contributed by atoms with Crippen molar-refractivity contribution < 1.29 is 14.3 Å². The fourth-order valence-corrected chi connectivity index (χ4v) is 2.23. The Kier molecular flexibility index (Phi) is 5.39. The van der Waals surface area contributed by atoms with Gasteiger partial charge in [-0.1, -0.05) is 26.0 Å². The Morgan fingerprint density at radius 2 is 2.18 bits per heavy atom. The van der Waals surface area contributed by atoms with Crippen LogP contribution in [0.25, 0.3) is 0 Å². The third-order valence-corrected chi connectivity index (χ3v) is 3.24. The lowest BCUT2D eigenvalue weighted by atomic mass is 9.81. The van der Waals surface area contributed by atoms with Crippen molar-refractivity contribution in [3.63, 3.8) is 0 Å². The number of carbonyl (C=O) groups excluding carboxylic acids is 2. The summed E-state index contributed by atoms with van der Waals surface area (Å²) < 4.78 is 5.19. The van der Waals surface area contributed by atoms with Crippen molar-refractivity contribution in [3.05, 3.63) is 12.2 Å². The van der Waals surface area contributed by atoms with Gasteiger partial charge in [-0.15, -0.1) is 0 Å². The summed E-state index contributed by atoms with van der Waals surface area (Å²) >= 11 is 0. The molecule has 0 aliphatic heterocycles. The molecule has 1 fully saturated rings. The van der Waals surface area contributed by atoms with Gasteiger partial charge in [0.1, 0.15) is 5.41 Å². The summed E-state index contributed by atoms with van der Waals surface area (Å²) in [6, 6.07) is 0. The van der Waals surface area contributed by atoms with E-state index in [4.69, 9.17) is 4.74 Å². The topological polar surface area (TPSA) is 43.4 Å². The van der Waals surface area contributed by atoms with E-state index in [2.05, 4.69) is 0 Å². The summed E-state index contributed by atoms with van der Waals surface area (Å²) in [4.78, 5) is 24.0. The maximum absolute atomic E-state index is 12.1. The first kappa shape index (κ1) is 13.9. The van der Waals surface area contributed by atoms with Crippen molar-refractivity contribution in [2.45, 2.75) is 52.4 Å². The maximum atomic E-state index is 12.1. The maximum Gasteiger partial charge on any atom is 0.319 e. The molecule has 0 N–H and O–H groups in total. The van der Waals surface area contributed by atoms with E-state index in [-0.39, 0.29) is 11.8 Å². The van der Waals surface area contributed by atoms with Gasteiger partial charge in [-0.3, -0.25) is 9.59 Å². The molecule has 0 heterocycles. The van der Waals surface area contributed by atoms with Gasteiger partial charge in [-0.25, -0.2) is 0 Å². The highest BCUT2D eigenvalue weighted by atomic mass is 16.5. The highest BCUT2D eigenvalue weighted by Gasteiger charge is 2.48. The molecule has 0 amide bonds. The van der Waals surface area contributed by atoms with Crippen LogP contribution in [0.15, 0.2) is 12.2 Å². The fraction of sp³-hybridized carbons (Fsp3) is 0.714. The molecular weight excluding hydrogens is 216 g/mol. The Bertz CT molecular complexity index is 307. The Balaban J connectivity index is 2.75. The normalized spacial score (nSPS) is 24.5. The minimum absolute atomic E-state index is 0.0550. The van der Waals surface area contributed by atoms with Crippen molar-refractivity contribution >= 4 is 11.8 Å². The Labute approximate surface area is 103 Å². The zero-order valence-electron chi connectivity index (χ0n) is 10.8. The highest BCUT2D eigenvalue weighted by Crippen LogP contribution is 2.39. The summed E-state index contributed by atoms with van der Waals surface area (Å²) in [5, 5.41) is 0. The molecule has 1 aliphatic rings. The minimum Gasteiger partial charge on any atom is -0.465 e. The lowest BCUT2D eigenvalue weighted by Gasteiger charge is -2.23. The first-order chi connectivity index (χ1) is 8.17. The van der Waals surface area contributed by atoms with E-state index in [9.17, 15) is 9.59 Å². The standard InChI is InChI=1S/C14H22O3/c1-3-5-6-9-14(10-7-8-12(14)15)13(16)17-11-4-2/h5-6H,3-4,7-11H2,1-2H3. The molecule has 3 heteroatoms. The summed E-state index contributed by atoms with van der Waals surface area (Å²) in [6.07, 6.45) is 8.12. The summed E-state index contributed by atoms with van der Waals surface area (Å²) in [6.45, 7) is 4.40. The van der Waals surface area contributed by atoms with Gasteiger partial charge >= 0.3 is 5.97 Å². The lowest BCUT2D eigenvalue weighted by molar-refractivity contribution is -0.159. The number of Topliss-reactive ketones (excluding diaryl/α,β-unsaturated/α-hetero) is 1. The van der Waals surface area contributed by atoms with E-state index in [1.807, 2.05) is 26.0 Å². The summed E-state index contributed by atoms with van der Waals surface area (Å²) in [5.41, 5.74) is -0.874. The van der Waals surface area contributed by atoms with Crippen LogP contribution in [0.4, 0.5) is 0 Å². The molecule has 17 heavy (non-hydrogen) atoms. The van der Waals surface area contributed by atoms with Gasteiger partial charge in [0, 0.05) is 6.42 Å². The van der Waals surface area contributed by atoms with Crippen LogP contribution in [-0.4, -0.2) is 18.4 Å². The van der Waals surface area contributed by atoms with E-state index >= 15 is 0 Å². The van der Waals surface area contributed by atoms with E-state index in [1.54, 1.807) is 0 Å². The Morgan fingerprint density at radius 3 is 2.71 bits per heavy atom. The molecule has 0 aromatic heterocycles. The molecular formula is C14H22O3. The van der Waals surface area contributed by atoms with Gasteiger partial charge in [0.05, 0.1) is 6.61 Å². The average molecular weight is 238 g/mol. The molecule has 0 bridgehead atoms. The molecule has 0 aromatic rings. The first-order valence-corrected chi connectivity index (χ1v) is 6.53. The molecule has 96 valence electrons. The number of carbonyl (C=O) groups is 2. The van der Waals surface area contributed by atoms with Crippen LogP contribution in [-0.2, 0) is 14.3 Å². The second-order valence-corrected chi connectivity index (χ2v) is 4.58. The van der Waals surface area contributed by atoms with Crippen molar-refractivity contribution in [1.29, 1.82) is 0 Å². The average Bonchev–Trinajstić information content (AvgIpc) is 2.69. The number of allylic oxidation sites excluding steroid dienone is 2. The van der Waals surface area contributed by atoms with Crippen molar-refractivity contribution in [2.75, 3.05) is 6.61 Å². The number of hydrogen-bond donors (Lipinski definition) is 0. The Morgan fingerprint density at radius 1 is 1.41 bits per heavy atom. The minimum atomic E-state index is -0.874. The van der Waals surface area contributed by atoms with Gasteiger partial charge in [0.25, 0.3) is 0 Å². The predicted molar refractivity (Wildman–Crippen MR) is 66.6 cm³/mol. The number of ketones is 1. The largest absolute Gasteiger partial charge is 0.465 e. The van der Waals surface area contributed by atoms with Gasteiger partial charge in [0.15, 0.2) is 5.78 Å². The van der Waals surface area contributed by atoms with Crippen molar-refractivity contribution in [1.82, 2.24) is 0 Å². The van der Waals surface area contributed by atoms with Crippen molar-refractivity contribution in [2.24, 2.45) is 5.41 Å². The second kappa shape index (κ2) is 6.58. The third kappa shape index (κ3) is 3.18. The van der Waals surface area contributed by atoms with E-state index in [0.717, 1.165) is 19.3 Å². The molecule has 1 unspecified atom stereocenters. The molecule has 0 saturated heterocycles. The first-order valence-electron chi connectivity index (χ1n) is 6.53. The van der Waals surface area contributed by atoms with Gasteiger partial charge in [-0.05, 0) is 32.1 Å². The van der Waals surface area contributed by atoms with Gasteiger partial charge in [-0.2, -0.15) is 0 Å². The van der Waals surface area contributed by atoms with Crippen LogP contribution < -0.4 is 0 Å². The number of ether oxygens (including phenoxy) is 1. The third-order valence-electron chi connectivity index (χ3n) is 3.24. The number of rotatable bonds is 6. The SMILES string of the molecule is CCC=CCC1(C(=O)OCCC)CCCC1=O.